The molecule has 0 fully saturated rings. The second-order valence-electron chi connectivity index (χ2n) is 9.49. The molecule has 4 heteroatoms. The minimum Gasteiger partial charge on any atom is -0.491 e. The lowest BCUT2D eigenvalue weighted by Crippen LogP contribution is -2.17. The van der Waals surface area contributed by atoms with Crippen molar-refractivity contribution in [2.24, 2.45) is 0 Å². The Balaban J connectivity index is 1.89. The summed E-state index contributed by atoms with van der Waals surface area (Å²) in [6, 6.07) is 7.58. The molecule has 0 saturated carbocycles. The number of ketones is 1. The summed E-state index contributed by atoms with van der Waals surface area (Å²) in [5, 5.41) is 18.4. The van der Waals surface area contributed by atoms with Crippen LogP contribution < -0.4 is 4.74 Å². The Bertz CT molecular complexity index is 560. The second-order valence-corrected chi connectivity index (χ2v) is 9.49. The van der Waals surface area contributed by atoms with Crippen molar-refractivity contribution >= 4 is 5.78 Å². The molecule has 0 unspecified atom stereocenters. The summed E-state index contributed by atoms with van der Waals surface area (Å²) in [5.41, 5.74) is 0.523. The fourth-order valence-corrected chi connectivity index (χ4v) is 3.83. The lowest BCUT2D eigenvalue weighted by atomic mass is 9.99. The van der Waals surface area contributed by atoms with E-state index in [0.717, 1.165) is 37.0 Å². The maximum absolute atomic E-state index is 12.1. The van der Waals surface area contributed by atoms with Gasteiger partial charge in [-0.05, 0) is 44.4 Å². The summed E-state index contributed by atoms with van der Waals surface area (Å²) in [6.45, 7) is 4.08. The van der Waals surface area contributed by atoms with Gasteiger partial charge in [-0.3, -0.25) is 4.79 Å². The third-order valence-corrected chi connectivity index (χ3v) is 5.68. The monoisotopic (exact) mass is 434 g/mol. The van der Waals surface area contributed by atoms with Gasteiger partial charge in [-0.1, -0.05) is 82.8 Å². The maximum Gasteiger partial charge on any atom is 0.137 e. The van der Waals surface area contributed by atoms with E-state index in [1.54, 1.807) is 0 Å². The van der Waals surface area contributed by atoms with Gasteiger partial charge in [0.05, 0.1) is 12.2 Å². The number of carbonyl (C=O) groups excluding carboxylic acids is 1. The summed E-state index contributed by atoms with van der Waals surface area (Å²) in [6.07, 6.45) is 17.1. The first-order valence-corrected chi connectivity index (χ1v) is 12.5. The van der Waals surface area contributed by atoms with E-state index >= 15 is 0 Å². The van der Waals surface area contributed by atoms with Crippen molar-refractivity contribution < 1.29 is 19.7 Å². The molecule has 0 spiro atoms. The Morgan fingerprint density at radius 2 is 1.29 bits per heavy atom. The van der Waals surface area contributed by atoms with Crippen LogP contribution in [0.5, 0.6) is 5.75 Å². The van der Waals surface area contributed by atoms with Crippen LogP contribution in [-0.4, -0.2) is 34.8 Å². The van der Waals surface area contributed by atoms with Gasteiger partial charge < -0.3 is 14.9 Å². The molecule has 178 valence electrons. The van der Waals surface area contributed by atoms with Crippen LogP contribution >= 0.6 is 0 Å². The van der Waals surface area contributed by atoms with E-state index in [1.807, 2.05) is 38.1 Å². The van der Waals surface area contributed by atoms with Crippen molar-refractivity contribution in [2.75, 3.05) is 13.2 Å². The standard InChI is InChI=1S/C27H46O4/c1-27(2,30)20-14-12-10-8-6-4-3-5-7-9-11-13-15-25(29)23-24-16-18-26(19-17-24)31-22-21-28/h16-19,28,30H,3-15,20-23H2,1-2H3. The SMILES string of the molecule is CC(C)(O)CCCCCCCCCCCCCCC(=O)Cc1ccc(OCCO)cc1. The smallest absolute Gasteiger partial charge is 0.137 e. The van der Waals surface area contributed by atoms with Crippen LogP contribution in [0.3, 0.4) is 0 Å². The van der Waals surface area contributed by atoms with E-state index in [0.29, 0.717) is 25.2 Å². The minimum absolute atomic E-state index is 0.00576. The molecule has 0 aliphatic heterocycles. The second kappa shape index (κ2) is 17.2. The fourth-order valence-electron chi connectivity index (χ4n) is 3.83. The highest BCUT2D eigenvalue weighted by Gasteiger charge is 2.10. The lowest BCUT2D eigenvalue weighted by molar-refractivity contribution is -0.118. The average Bonchev–Trinajstić information content (AvgIpc) is 2.72. The minimum atomic E-state index is -0.503. The van der Waals surface area contributed by atoms with E-state index in [1.165, 1.54) is 57.8 Å². The van der Waals surface area contributed by atoms with Crippen LogP contribution in [0.15, 0.2) is 24.3 Å². The lowest BCUT2D eigenvalue weighted by Gasteiger charge is -2.16. The van der Waals surface area contributed by atoms with Crippen molar-refractivity contribution in [1.29, 1.82) is 0 Å². The summed E-state index contributed by atoms with van der Waals surface area (Å²) in [5.74, 6) is 1.04. The third kappa shape index (κ3) is 16.9. The van der Waals surface area contributed by atoms with Gasteiger partial charge in [0, 0.05) is 12.8 Å². The first-order valence-electron chi connectivity index (χ1n) is 12.5. The van der Waals surface area contributed by atoms with E-state index in [-0.39, 0.29) is 6.61 Å². The van der Waals surface area contributed by atoms with Crippen LogP contribution in [0.1, 0.15) is 109 Å². The number of Topliss-reactive ketones (excluding diaryl/α,β-unsaturated/α-hetero) is 1. The number of rotatable bonds is 20. The molecule has 0 amide bonds. The molecule has 0 saturated heterocycles. The number of aliphatic hydroxyl groups excluding tert-OH is 1. The Morgan fingerprint density at radius 1 is 0.806 bits per heavy atom. The van der Waals surface area contributed by atoms with Crippen LogP contribution in [0.25, 0.3) is 0 Å². The van der Waals surface area contributed by atoms with Gasteiger partial charge in [0.15, 0.2) is 0 Å². The summed E-state index contributed by atoms with van der Waals surface area (Å²) < 4.78 is 5.34. The number of hydrogen-bond acceptors (Lipinski definition) is 4. The third-order valence-electron chi connectivity index (χ3n) is 5.68. The average molecular weight is 435 g/mol. The largest absolute Gasteiger partial charge is 0.491 e. The Hall–Kier alpha value is -1.39. The topological polar surface area (TPSA) is 66.8 Å². The van der Waals surface area contributed by atoms with Crippen LogP contribution in [0.2, 0.25) is 0 Å². The van der Waals surface area contributed by atoms with E-state index < -0.39 is 5.60 Å². The molecule has 0 heterocycles. The van der Waals surface area contributed by atoms with E-state index in [9.17, 15) is 9.90 Å². The molecule has 0 radical (unpaired) electrons. The van der Waals surface area contributed by atoms with E-state index in [4.69, 9.17) is 9.84 Å². The van der Waals surface area contributed by atoms with Gasteiger partial charge in [-0.2, -0.15) is 0 Å². The number of aliphatic hydroxyl groups is 2. The zero-order chi connectivity index (χ0) is 22.8. The Kier molecular flexibility index (Phi) is 15.3. The van der Waals surface area contributed by atoms with Crippen LogP contribution in [-0.2, 0) is 11.2 Å². The zero-order valence-electron chi connectivity index (χ0n) is 20.0. The predicted octanol–water partition coefficient (Wildman–Crippen LogP) is 6.40. The molecular formula is C27H46O4. The highest BCUT2D eigenvalue weighted by molar-refractivity contribution is 5.80. The molecule has 31 heavy (non-hydrogen) atoms. The first kappa shape index (κ1) is 27.6. The van der Waals surface area contributed by atoms with E-state index in [2.05, 4.69) is 0 Å². The molecule has 0 aliphatic rings. The molecule has 4 nitrogen and oxygen atoms in total. The number of hydrogen-bond donors (Lipinski definition) is 2. The highest BCUT2D eigenvalue weighted by Crippen LogP contribution is 2.17. The van der Waals surface area contributed by atoms with Gasteiger partial charge in [0.1, 0.15) is 18.1 Å². The molecule has 0 aliphatic carbocycles. The van der Waals surface area contributed by atoms with Gasteiger partial charge in [-0.25, -0.2) is 0 Å². The van der Waals surface area contributed by atoms with Gasteiger partial charge in [0.2, 0.25) is 0 Å². The predicted molar refractivity (Wildman–Crippen MR) is 129 cm³/mol. The van der Waals surface area contributed by atoms with Crippen molar-refractivity contribution in [3.8, 4) is 5.75 Å². The summed E-state index contributed by atoms with van der Waals surface area (Å²) in [7, 11) is 0. The van der Waals surface area contributed by atoms with Gasteiger partial charge in [-0.15, -0.1) is 0 Å². The molecule has 1 aromatic carbocycles. The number of carbonyl (C=O) groups is 1. The molecule has 0 aromatic heterocycles. The number of benzene rings is 1. The van der Waals surface area contributed by atoms with Crippen molar-refractivity contribution in [2.45, 2.75) is 116 Å². The molecule has 0 atom stereocenters. The number of ether oxygens (including phenoxy) is 1. The maximum atomic E-state index is 12.1. The van der Waals surface area contributed by atoms with Crippen molar-refractivity contribution in [3.63, 3.8) is 0 Å². The summed E-state index contributed by atoms with van der Waals surface area (Å²) >= 11 is 0. The molecule has 1 rings (SSSR count). The number of unbranched alkanes of at least 4 members (excludes halogenated alkanes) is 11. The van der Waals surface area contributed by atoms with Crippen LogP contribution in [0, 0.1) is 0 Å². The van der Waals surface area contributed by atoms with Gasteiger partial charge >= 0.3 is 0 Å². The Morgan fingerprint density at radius 3 is 1.77 bits per heavy atom. The molecule has 2 N–H and O–H groups in total. The van der Waals surface area contributed by atoms with Gasteiger partial charge in [0.25, 0.3) is 0 Å². The quantitative estimate of drug-likeness (QED) is 0.233. The zero-order valence-corrected chi connectivity index (χ0v) is 20.0. The van der Waals surface area contributed by atoms with Crippen molar-refractivity contribution in [1.82, 2.24) is 0 Å². The Labute approximate surface area is 190 Å². The normalized spacial score (nSPS) is 11.6. The molecule has 1 aromatic rings. The molecule has 0 bridgehead atoms. The summed E-state index contributed by atoms with van der Waals surface area (Å²) in [4.78, 5) is 12.1. The van der Waals surface area contributed by atoms with Crippen LogP contribution in [0.4, 0.5) is 0 Å². The fraction of sp³-hybridized carbons (Fsp3) is 0.741. The van der Waals surface area contributed by atoms with Crippen molar-refractivity contribution in [3.05, 3.63) is 29.8 Å². The highest BCUT2D eigenvalue weighted by atomic mass is 16.5. The molecular weight excluding hydrogens is 388 g/mol. The first-order chi connectivity index (χ1) is 14.9.